The number of hydrogen-bond acceptors (Lipinski definition) is 3. The number of nitrogens with one attached hydrogen (secondary N) is 2. The Bertz CT molecular complexity index is 629. The molecule has 0 aliphatic rings. The van der Waals surface area contributed by atoms with Crippen molar-refractivity contribution < 1.29 is 4.79 Å². The number of carbonyl (C=O) groups is 1. The van der Waals surface area contributed by atoms with Gasteiger partial charge >= 0.3 is 0 Å². The van der Waals surface area contributed by atoms with Gasteiger partial charge in [0.2, 0.25) is 5.91 Å². The van der Waals surface area contributed by atoms with Gasteiger partial charge in [-0.1, -0.05) is 30.1 Å². The molecule has 2 aromatic rings. The summed E-state index contributed by atoms with van der Waals surface area (Å²) >= 11 is 11.9. The Hall–Kier alpha value is -1.78. The second-order valence-corrected chi connectivity index (χ2v) is 5.32. The zero-order valence-corrected chi connectivity index (χ0v) is 13.0. The molecule has 6 heteroatoms. The van der Waals surface area contributed by atoms with Gasteiger partial charge in [-0.15, -0.1) is 0 Å². The average molecular weight is 324 g/mol. The topological polar surface area (TPSA) is 54.0 Å². The lowest BCUT2D eigenvalue weighted by atomic mass is 10.3. The summed E-state index contributed by atoms with van der Waals surface area (Å²) in [4.78, 5) is 15.6. The number of amides is 1. The molecule has 0 spiro atoms. The highest BCUT2D eigenvalue weighted by Crippen LogP contribution is 2.28. The lowest BCUT2D eigenvalue weighted by molar-refractivity contribution is -0.116. The smallest absolute Gasteiger partial charge is 0.225 e. The maximum Gasteiger partial charge on any atom is 0.225 e. The van der Waals surface area contributed by atoms with Crippen LogP contribution in [-0.2, 0) is 4.79 Å². The van der Waals surface area contributed by atoms with E-state index in [0.717, 1.165) is 17.8 Å². The van der Waals surface area contributed by atoms with Gasteiger partial charge in [-0.2, -0.15) is 0 Å². The highest BCUT2D eigenvalue weighted by molar-refractivity contribution is 6.36. The normalized spacial score (nSPS) is 10.2. The maximum absolute atomic E-state index is 11.5. The zero-order valence-electron chi connectivity index (χ0n) is 11.5. The fraction of sp³-hybridized carbons (Fsp3) is 0.200. The molecule has 1 aromatic heterocycles. The van der Waals surface area contributed by atoms with E-state index < -0.39 is 0 Å². The third kappa shape index (κ3) is 4.62. The summed E-state index contributed by atoms with van der Waals surface area (Å²) in [6, 6.07) is 8.77. The highest BCUT2D eigenvalue weighted by atomic mass is 35.5. The molecule has 0 saturated carbocycles. The van der Waals surface area contributed by atoms with Crippen molar-refractivity contribution in [3.63, 3.8) is 0 Å². The monoisotopic (exact) mass is 323 g/mol. The Morgan fingerprint density at radius 1 is 1.24 bits per heavy atom. The van der Waals surface area contributed by atoms with Crippen LogP contribution in [0.1, 0.15) is 19.8 Å². The summed E-state index contributed by atoms with van der Waals surface area (Å²) in [5, 5.41) is 6.98. The molecule has 1 heterocycles. The van der Waals surface area contributed by atoms with Crippen molar-refractivity contribution in [2.45, 2.75) is 19.8 Å². The van der Waals surface area contributed by atoms with Crippen LogP contribution >= 0.6 is 23.2 Å². The molecule has 0 aliphatic carbocycles. The number of benzene rings is 1. The van der Waals surface area contributed by atoms with Crippen LogP contribution in [0.3, 0.4) is 0 Å². The lowest BCUT2D eigenvalue weighted by Gasteiger charge is -2.09. The van der Waals surface area contributed by atoms with Gasteiger partial charge < -0.3 is 10.6 Å². The van der Waals surface area contributed by atoms with Crippen molar-refractivity contribution in [3.8, 4) is 0 Å². The molecule has 4 nitrogen and oxygen atoms in total. The van der Waals surface area contributed by atoms with Crippen molar-refractivity contribution in [2.24, 2.45) is 0 Å². The molecule has 0 atom stereocenters. The third-order valence-corrected chi connectivity index (χ3v) is 3.27. The summed E-state index contributed by atoms with van der Waals surface area (Å²) < 4.78 is 0. The van der Waals surface area contributed by atoms with Gasteiger partial charge in [0.05, 0.1) is 22.6 Å². The summed E-state index contributed by atoms with van der Waals surface area (Å²) in [5.74, 6) is 0.493. The van der Waals surface area contributed by atoms with E-state index >= 15 is 0 Å². The molecular weight excluding hydrogens is 309 g/mol. The first kappa shape index (κ1) is 15.6. The summed E-state index contributed by atoms with van der Waals surface area (Å²) in [5.41, 5.74) is 1.51. The zero-order chi connectivity index (χ0) is 15.2. The van der Waals surface area contributed by atoms with Crippen molar-refractivity contribution in [2.75, 3.05) is 10.6 Å². The van der Waals surface area contributed by atoms with Gasteiger partial charge in [0.15, 0.2) is 0 Å². The van der Waals surface area contributed by atoms with Crippen molar-refractivity contribution >= 4 is 46.3 Å². The number of halogens is 2. The Morgan fingerprint density at radius 3 is 2.67 bits per heavy atom. The molecule has 1 amide bonds. The Labute approximate surface area is 133 Å². The number of rotatable bonds is 5. The summed E-state index contributed by atoms with van der Waals surface area (Å²) in [6.45, 7) is 1.95. The number of nitrogens with zero attached hydrogens (tertiary/aromatic N) is 1. The van der Waals surface area contributed by atoms with E-state index in [9.17, 15) is 4.79 Å². The predicted octanol–water partition coefficient (Wildman–Crippen LogP) is 4.87. The van der Waals surface area contributed by atoms with Crippen molar-refractivity contribution in [1.29, 1.82) is 0 Å². The molecule has 1 aromatic carbocycles. The van der Waals surface area contributed by atoms with Crippen LogP contribution in [0.2, 0.25) is 10.0 Å². The molecule has 110 valence electrons. The first-order valence-corrected chi connectivity index (χ1v) is 7.32. The van der Waals surface area contributed by atoms with E-state index in [1.54, 1.807) is 30.5 Å². The second-order valence-electron chi connectivity index (χ2n) is 4.48. The maximum atomic E-state index is 11.5. The number of pyridine rings is 1. The fourth-order valence-electron chi connectivity index (χ4n) is 1.72. The minimum absolute atomic E-state index is 0.0357. The standard InChI is InChI=1S/C15H15Cl2N3O/c1-2-3-15(21)20-14-7-5-11(9-18-14)19-13-6-4-10(16)8-12(13)17/h4-9,19H,2-3H2,1H3,(H,18,20,21). The van der Waals surface area contributed by atoms with E-state index in [2.05, 4.69) is 15.6 Å². The minimum atomic E-state index is -0.0357. The minimum Gasteiger partial charge on any atom is -0.353 e. The first-order chi connectivity index (χ1) is 10.1. The van der Waals surface area contributed by atoms with Gasteiger partial charge in [-0.05, 0) is 36.8 Å². The number of aromatic nitrogens is 1. The quantitative estimate of drug-likeness (QED) is 0.825. The third-order valence-electron chi connectivity index (χ3n) is 2.72. The van der Waals surface area contributed by atoms with E-state index in [1.807, 2.05) is 13.0 Å². The van der Waals surface area contributed by atoms with Crippen LogP contribution in [0.5, 0.6) is 0 Å². The van der Waals surface area contributed by atoms with Crippen molar-refractivity contribution in [3.05, 3.63) is 46.6 Å². The summed E-state index contributed by atoms with van der Waals surface area (Å²) in [7, 11) is 0. The SMILES string of the molecule is CCCC(=O)Nc1ccc(Nc2ccc(Cl)cc2Cl)cn1. The van der Waals surface area contributed by atoms with E-state index in [1.165, 1.54) is 0 Å². The van der Waals surface area contributed by atoms with Gasteiger partial charge in [-0.25, -0.2) is 4.98 Å². The van der Waals surface area contributed by atoms with Crippen LogP contribution in [0.15, 0.2) is 36.5 Å². The number of anilines is 3. The van der Waals surface area contributed by atoms with Gasteiger partial charge in [0.1, 0.15) is 5.82 Å². The molecular formula is C15H15Cl2N3O. The molecule has 2 rings (SSSR count). The van der Waals surface area contributed by atoms with E-state index in [4.69, 9.17) is 23.2 Å². The van der Waals surface area contributed by atoms with Gasteiger partial charge in [0.25, 0.3) is 0 Å². The highest BCUT2D eigenvalue weighted by Gasteiger charge is 2.04. The molecule has 0 bridgehead atoms. The van der Waals surface area contributed by atoms with Crippen molar-refractivity contribution in [1.82, 2.24) is 4.98 Å². The number of hydrogen-bond donors (Lipinski definition) is 2. The van der Waals surface area contributed by atoms with E-state index in [-0.39, 0.29) is 5.91 Å². The van der Waals surface area contributed by atoms with Crippen LogP contribution in [0.4, 0.5) is 17.2 Å². The first-order valence-electron chi connectivity index (χ1n) is 6.56. The van der Waals surface area contributed by atoms with Gasteiger partial charge in [0, 0.05) is 11.4 Å². The Kier molecular flexibility index (Phi) is 5.42. The molecule has 0 saturated heterocycles. The Morgan fingerprint density at radius 2 is 2.05 bits per heavy atom. The molecule has 0 radical (unpaired) electrons. The number of carbonyl (C=O) groups excluding carboxylic acids is 1. The molecule has 2 N–H and O–H groups in total. The van der Waals surface area contributed by atoms with Crippen LogP contribution in [0.25, 0.3) is 0 Å². The lowest BCUT2D eigenvalue weighted by Crippen LogP contribution is -2.11. The largest absolute Gasteiger partial charge is 0.353 e. The van der Waals surface area contributed by atoms with Gasteiger partial charge in [-0.3, -0.25) is 4.79 Å². The molecule has 21 heavy (non-hydrogen) atoms. The summed E-state index contributed by atoms with van der Waals surface area (Å²) in [6.07, 6.45) is 2.93. The second kappa shape index (κ2) is 7.29. The molecule has 0 unspecified atom stereocenters. The van der Waals surface area contributed by atoms with E-state index in [0.29, 0.717) is 22.3 Å². The van der Waals surface area contributed by atoms with Crippen LogP contribution < -0.4 is 10.6 Å². The van der Waals surface area contributed by atoms with Crippen LogP contribution in [0, 0.1) is 0 Å². The predicted molar refractivity (Wildman–Crippen MR) is 87.5 cm³/mol. The Balaban J connectivity index is 2.03. The fourth-order valence-corrected chi connectivity index (χ4v) is 2.18. The molecule has 0 fully saturated rings. The molecule has 0 aliphatic heterocycles. The van der Waals surface area contributed by atoms with Crippen LogP contribution in [-0.4, -0.2) is 10.9 Å². The average Bonchev–Trinajstić information content (AvgIpc) is 2.44.